The van der Waals surface area contributed by atoms with Crippen LogP contribution in [0.4, 0.5) is 10.1 Å². The Labute approximate surface area is 154 Å². The van der Waals surface area contributed by atoms with Crippen molar-refractivity contribution < 1.29 is 13.9 Å². The molecule has 1 heterocycles. The van der Waals surface area contributed by atoms with E-state index in [0.717, 1.165) is 18.8 Å². The summed E-state index contributed by atoms with van der Waals surface area (Å²) in [4.78, 5) is 20.5. The molecule has 3 N–H and O–H groups in total. The highest BCUT2D eigenvalue weighted by Crippen LogP contribution is 2.17. The largest absolute Gasteiger partial charge is 0.383 e. The summed E-state index contributed by atoms with van der Waals surface area (Å²) in [6.07, 6.45) is 0.331. The molecular formula is C18H28FN5O2. The number of anilines is 1. The van der Waals surface area contributed by atoms with Crippen LogP contribution in [-0.2, 0) is 9.53 Å². The summed E-state index contributed by atoms with van der Waals surface area (Å²) in [5.74, 6) is 0.155. The van der Waals surface area contributed by atoms with E-state index >= 15 is 0 Å². The van der Waals surface area contributed by atoms with Gasteiger partial charge in [0, 0.05) is 51.4 Å². The van der Waals surface area contributed by atoms with E-state index in [2.05, 4.69) is 15.2 Å². The van der Waals surface area contributed by atoms with E-state index in [1.165, 1.54) is 12.1 Å². The smallest absolute Gasteiger partial charge is 0.224 e. The molecule has 1 saturated heterocycles. The van der Waals surface area contributed by atoms with Crippen LogP contribution >= 0.6 is 0 Å². The Morgan fingerprint density at radius 3 is 2.58 bits per heavy atom. The number of carbonyl (C=O) groups is 1. The third-order valence-electron chi connectivity index (χ3n) is 4.24. The van der Waals surface area contributed by atoms with Crippen molar-refractivity contribution in [1.82, 2.24) is 10.2 Å². The maximum Gasteiger partial charge on any atom is 0.224 e. The lowest BCUT2D eigenvalue weighted by atomic mass is 10.2. The van der Waals surface area contributed by atoms with Gasteiger partial charge in [0.2, 0.25) is 5.91 Å². The number of nitrogens with two attached hydrogens (primary N) is 1. The number of ether oxygens (including phenoxy) is 1. The molecule has 8 heteroatoms. The van der Waals surface area contributed by atoms with Crippen LogP contribution in [0.15, 0.2) is 29.3 Å². The second kappa shape index (κ2) is 9.96. The van der Waals surface area contributed by atoms with E-state index in [0.29, 0.717) is 38.6 Å². The molecule has 1 unspecified atom stereocenters. The molecule has 1 aromatic carbocycles. The Bertz CT molecular complexity index is 600. The second-order valence-corrected chi connectivity index (χ2v) is 6.36. The van der Waals surface area contributed by atoms with Crippen LogP contribution in [-0.4, -0.2) is 69.2 Å². The van der Waals surface area contributed by atoms with Gasteiger partial charge in [-0.25, -0.2) is 4.39 Å². The molecule has 1 aromatic rings. The molecule has 0 aromatic heterocycles. The van der Waals surface area contributed by atoms with Crippen molar-refractivity contribution in [1.29, 1.82) is 0 Å². The zero-order chi connectivity index (χ0) is 18.9. The van der Waals surface area contributed by atoms with Crippen LogP contribution < -0.4 is 16.0 Å². The average molecular weight is 365 g/mol. The summed E-state index contributed by atoms with van der Waals surface area (Å²) >= 11 is 0. The van der Waals surface area contributed by atoms with Gasteiger partial charge in [0.15, 0.2) is 5.96 Å². The summed E-state index contributed by atoms with van der Waals surface area (Å²) in [7, 11) is 1.63. The summed E-state index contributed by atoms with van der Waals surface area (Å²) < 4.78 is 18.0. The molecule has 1 fully saturated rings. The maximum absolute atomic E-state index is 13.0. The first-order valence-corrected chi connectivity index (χ1v) is 8.83. The lowest BCUT2D eigenvalue weighted by Crippen LogP contribution is -2.49. The molecule has 0 radical (unpaired) electrons. The standard InChI is InChI=1S/C18H28FN5O2/c1-14(13-26-2)22-18(20)21-8-7-17(25)24-11-9-23(10-12-24)16-5-3-15(19)4-6-16/h3-6,14H,7-13H2,1-2H3,(H3,20,21,22). The number of aliphatic imine (C=N–C) groups is 1. The van der Waals surface area contributed by atoms with E-state index in [9.17, 15) is 9.18 Å². The van der Waals surface area contributed by atoms with Crippen LogP contribution in [0.1, 0.15) is 13.3 Å². The van der Waals surface area contributed by atoms with Gasteiger partial charge >= 0.3 is 0 Å². The highest BCUT2D eigenvalue weighted by Gasteiger charge is 2.20. The number of hydrogen-bond donors (Lipinski definition) is 2. The first-order valence-electron chi connectivity index (χ1n) is 8.83. The highest BCUT2D eigenvalue weighted by atomic mass is 19.1. The van der Waals surface area contributed by atoms with Crippen LogP contribution in [0.3, 0.4) is 0 Å². The van der Waals surface area contributed by atoms with Crippen molar-refractivity contribution in [2.24, 2.45) is 10.7 Å². The van der Waals surface area contributed by atoms with E-state index in [1.54, 1.807) is 19.2 Å². The van der Waals surface area contributed by atoms with Crippen molar-refractivity contribution >= 4 is 17.6 Å². The average Bonchev–Trinajstić information content (AvgIpc) is 2.62. The zero-order valence-corrected chi connectivity index (χ0v) is 15.4. The summed E-state index contributed by atoms with van der Waals surface area (Å²) in [5, 5.41) is 3.01. The van der Waals surface area contributed by atoms with Crippen LogP contribution in [0.5, 0.6) is 0 Å². The number of rotatable bonds is 7. The fourth-order valence-electron chi connectivity index (χ4n) is 2.89. The second-order valence-electron chi connectivity index (χ2n) is 6.36. The third kappa shape index (κ3) is 6.18. The summed E-state index contributed by atoms with van der Waals surface area (Å²) in [6, 6.07) is 6.51. The zero-order valence-electron chi connectivity index (χ0n) is 15.4. The quantitative estimate of drug-likeness (QED) is 0.552. The van der Waals surface area contributed by atoms with Gasteiger partial charge in [-0.2, -0.15) is 0 Å². The summed E-state index contributed by atoms with van der Waals surface area (Å²) in [5.41, 5.74) is 6.77. The Morgan fingerprint density at radius 2 is 1.96 bits per heavy atom. The number of halogens is 1. The monoisotopic (exact) mass is 365 g/mol. The topological polar surface area (TPSA) is 83.2 Å². The predicted octanol–water partition coefficient (Wildman–Crippen LogP) is 0.804. The Balaban J connectivity index is 1.72. The number of nitrogens with zero attached hydrogens (tertiary/aromatic N) is 3. The third-order valence-corrected chi connectivity index (χ3v) is 4.24. The lowest BCUT2D eigenvalue weighted by Gasteiger charge is -2.36. The van der Waals surface area contributed by atoms with Gasteiger partial charge in [0.25, 0.3) is 0 Å². The fraction of sp³-hybridized carbons (Fsp3) is 0.556. The van der Waals surface area contributed by atoms with Crippen molar-refractivity contribution in [2.45, 2.75) is 19.4 Å². The Morgan fingerprint density at radius 1 is 1.31 bits per heavy atom. The van der Waals surface area contributed by atoms with Gasteiger partial charge in [0.1, 0.15) is 5.82 Å². The number of piperazine rings is 1. The molecule has 1 aliphatic heterocycles. The SMILES string of the molecule is COCC(C)NC(N)=NCCC(=O)N1CCN(c2ccc(F)cc2)CC1. The van der Waals surface area contributed by atoms with E-state index in [4.69, 9.17) is 10.5 Å². The van der Waals surface area contributed by atoms with Gasteiger partial charge < -0.3 is 25.6 Å². The minimum atomic E-state index is -0.242. The Hall–Kier alpha value is -2.35. The molecule has 7 nitrogen and oxygen atoms in total. The first-order chi connectivity index (χ1) is 12.5. The molecule has 144 valence electrons. The van der Waals surface area contributed by atoms with E-state index in [1.807, 2.05) is 11.8 Å². The predicted molar refractivity (Wildman–Crippen MR) is 101 cm³/mol. The van der Waals surface area contributed by atoms with Gasteiger partial charge in [0.05, 0.1) is 13.2 Å². The van der Waals surface area contributed by atoms with E-state index < -0.39 is 0 Å². The minimum Gasteiger partial charge on any atom is -0.383 e. The molecular weight excluding hydrogens is 337 g/mol. The number of benzene rings is 1. The number of nitrogens with one attached hydrogen (secondary N) is 1. The van der Waals surface area contributed by atoms with Crippen molar-refractivity contribution in [3.8, 4) is 0 Å². The molecule has 0 bridgehead atoms. The minimum absolute atomic E-state index is 0.0685. The molecule has 1 atom stereocenters. The molecule has 0 aliphatic carbocycles. The summed E-state index contributed by atoms with van der Waals surface area (Å²) in [6.45, 7) is 5.61. The van der Waals surface area contributed by atoms with Gasteiger partial charge in [-0.15, -0.1) is 0 Å². The first kappa shape index (κ1) is 20.0. The number of hydrogen-bond acceptors (Lipinski definition) is 4. The van der Waals surface area contributed by atoms with Crippen LogP contribution in [0.2, 0.25) is 0 Å². The number of guanidine groups is 1. The number of amides is 1. The van der Waals surface area contributed by atoms with E-state index in [-0.39, 0.29) is 17.8 Å². The van der Waals surface area contributed by atoms with Gasteiger partial charge in [-0.1, -0.05) is 0 Å². The Kier molecular flexibility index (Phi) is 7.65. The fourth-order valence-corrected chi connectivity index (χ4v) is 2.89. The van der Waals surface area contributed by atoms with Crippen molar-refractivity contribution in [3.63, 3.8) is 0 Å². The van der Waals surface area contributed by atoms with Crippen molar-refractivity contribution in [3.05, 3.63) is 30.1 Å². The maximum atomic E-state index is 13.0. The molecule has 0 spiro atoms. The van der Waals surface area contributed by atoms with Gasteiger partial charge in [-0.3, -0.25) is 9.79 Å². The van der Waals surface area contributed by atoms with Crippen LogP contribution in [0.25, 0.3) is 0 Å². The lowest BCUT2D eigenvalue weighted by molar-refractivity contribution is -0.131. The van der Waals surface area contributed by atoms with Gasteiger partial charge in [-0.05, 0) is 31.2 Å². The molecule has 0 saturated carbocycles. The van der Waals surface area contributed by atoms with Crippen molar-refractivity contribution in [2.75, 3.05) is 51.3 Å². The molecule has 2 rings (SSSR count). The normalized spacial score (nSPS) is 16.5. The number of methoxy groups -OCH3 is 1. The molecule has 1 aliphatic rings. The highest BCUT2D eigenvalue weighted by molar-refractivity contribution is 5.79. The molecule has 1 amide bonds. The molecule has 26 heavy (non-hydrogen) atoms. The number of carbonyl (C=O) groups excluding carboxylic acids is 1. The van der Waals surface area contributed by atoms with Crippen LogP contribution in [0, 0.1) is 5.82 Å².